The number of aryl methyl sites for hydroxylation is 1. The molecule has 1 saturated heterocycles. The Kier molecular flexibility index (Phi) is 3.61. The second kappa shape index (κ2) is 5.30. The molecule has 5 heteroatoms. The van der Waals surface area contributed by atoms with Crippen molar-refractivity contribution in [3.63, 3.8) is 0 Å². The highest BCUT2D eigenvalue weighted by atomic mass is 19.1. The van der Waals surface area contributed by atoms with E-state index in [0.717, 1.165) is 25.0 Å². The Morgan fingerprint density at radius 1 is 1.52 bits per heavy atom. The van der Waals surface area contributed by atoms with Crippen LogP contribution in [0.1, 0.15) is 30.9 Å². The zero-order valence-corrected chi connectivity index (χ0v) is 12.6. The molecule has 1 aromatic carbocycles. The zero-order chi connectivity index (χ0) is 15.0. The van der Waals surface area contributed by atoms with E-state index in [4.69, 9.17) is 10.5 Å². The Balaban J connectivity index is 1.88. The van der Waals surface area contributed by atoms with Crippen molar-refractivity contribution in [3.05, 3.63) is 35.1 Å². The standard InChI is InChI=1S/C16H22FN3O/c1-11-5-6-12(8-14(11)17)16(2)10-19-15(18)20(16)9-13-4-3-7-21-13/h5-6,8,13H,3-4,7,9-10H2,1-2H3,(H2,18,19). The van der Waals surface area contributed by atoms with Gasteiger partial charge in [-0.05, 0) is 43.9 Å². The fourth-order valence-electron chi connectivity index (χ4n) is 3.12. The van der Waals surface area contributed by atoms with Gasteiger partial charge in [-0.1, -0.05) is 12.1 Å². The Hall–Kier alpha value is -1.62. The lowest BCUT2D eigenvalue weighted by Crippen LogP contribution is -2.50. The Labute approximate surface area is 124 Å². The molecule has 1 aromatic rings. The van der Waals surface area contributed by atoms with Gasteiger partial charge in [-0.3, -0.25) is 4.99 Å². The molecule has 0 aliphatic carbocycles. The molecular formula is C16H22FN3O. The van der Waals surface area contributed by atoms with Crippen molar-refractivity contribution in [3.8, 4) is 0 Å². The molecule has 2 atom stereocenters. The molecule has 2 unspecified atom stereocenters. The van der Waals surface area contributed by atoms with Crippen LogP contribution >= 0.6 is 0 Å². The number of hydrogen-bond acceptors (Lipinski definition) is 4. The van der Waals surface area contributed by atoms with E-state index in [1.54, 1.807) is 13.0 Å². The molecule has 2 heterocycles. The average Bonchev–Trinajstić information content (AvgIpc) is 3.06. The minimum absolute atomic E-state index is 0.184. The summed E-state index contributed by atoms with van der Waals surface area (Å²) in [5.41, 5.74) is 7.23. The largest absolute Gasteiger partial charge is 0.376 e. The van der Waals surface area contributed by atoms with Gasteiger partial charge in [0, 0.05) is 13.2 Å². The number of rotatable bonds is 3. The first-order valence-electron chi connectivity index (χ1n) is 7.46. The van der Waals surface area contributed by atoms with E-state index in [1.807, 2.05) is 12.1 Å². The third kappa shape index (κ3) is 2.50. The van der Waals surface area contributed by atoms with Crippen LogP contribution in [0.15, 0.2) is 23.2 Å². The summed E-state index contributed by atoms with van der Waals surface area (Å²) in [4.78, 5) is 6.45. The molecular weight excluding hydrogens is 269 g/mol. The Bertz CT molecular complexity index is 569. The van der Waals surface area contributed by atoms with E-state index in [-0.39, 0.29) is 11.9 Å². The van der Waals surface area contributed by atoms with Crippen LogP contribution in [-0.4, -0.2) is 36.7 Å². The smallest absolute Gasteiger partial charge is 0.192 e. The van der Waals surface area contributed by atoms with Crippen molar-refractivity contribution in [1.29, 1.82) is 0 Å². The molecule has 0 saturated carbocycles. The number of ether oxygens (including phenoxy) is 1. The maximum absolute atomic E-state index is 13.9. The van der Waals surface area contributed by atoms with Crippen LogP contribution in [0, 0.1) is 12.7 Å². The Morgan fingerprint density at radius 3 is 3.00 bits per heavy atom. The summed E-state index contributed by atoms with van der Waals surface area (Å²) >= 11 is 0. The molecule has 2 N–H and O–H groups in total. The molecule has 0 amide bonds. The van der Waals surface area contributed by atoms with Crippen LogP contribution < -0.4 is 5.73 Å². The van der Waals surface area contributed by atoms with Crippen molar-refractivity contribution in [2.75, 3.05) is 19.7 Å². The summed E-state index contributed by atoms with van der Waals surface area (Å²) in [6, 6.07) is 5.38. The van der Waals surface area contributed by atoms with E-state index in [1.165, 1.54) is 0 Å². The first kappa shape index (κ1) is 14.3. The minimum atomic E-state index is -0.398. The maximum Gasteiger partial charge on any atom is 0.192 e. The maximum atomic E-state index is 13.9. The summed E-state index contributed by atoms with van der Waals surface area (Å²) in [6.07, 6.45) is 2.32. The number of guanidine groups is 1. The third-order valence-electron chi connectivity index (χ3n) is 4.63. The lowest BCUT2D eigenvalue weighted by Gasteiger charge is -2.38. The van der Waals surface area contributed by atoms with Gasteiger partial charge in [0.05, 0.1) is 18.2 Å². The van der Waals surface area contributed by atoms with Gasteiger partial charge < -0.3 is 15.4 Å². The summed E-state index contributed by atoms with van der Waals surface area (Å²) < 4.78 is 19.6. The average molecular weight is 291 g/mol. The molecule has 2 aliphatic heterocycles. The fourth-order valence-corrected chi connectivity index (χ4v) is 3.12. The van der Waals surface area contributed by atoms with Crippen LogP contribution in [-0.2, 0) is 10.3 Å². The predicted octanol–water partition coefficient (Wildman–Crippen LogP) is 2.16. The molecule has 3 rings (SSSR count). The SMILES string of the molecule is Cc1ccc(C2(C)CN=C(N)N2CC2CCCO2)cc1F. The number of nitrogens with two attached hydrogens (primary N) is 1. The highest BCUT2D eigenvalue weighted by Gasteiger charge is 2.41. The molecule has 0 bridgehead atoms. The topological polar surface area (TPSA) is 50.8 Å². The van der Waals surface area contributed by atoms with Gasteiger partial charge in [-0.25, -0.2) is 4.39 Å². The molecule has 4 nitrogen and oxygen atoms in total. The van der Waals surface area contributed by atoms with Crippen LogP contribution in [0.3, 0.4) is 0 Å². The summed E-state index contributed by atoms with van der Waals surface area (Å²) in [5.74, 6) is 0.338. The van der Waals surface area contributed by atoms with E-state index in [2.05, 4.69) is 16.8 Å². The Morgan fingerprint density at radius 2 is 2.33 bits per heavy atom. The van der Waals surface area contributed by atoms with E-state index < -0.39 is 5.54 Å². The summed E-state index contributed by atoms with van der Waals surface area (Å²) in [5, 5.41) is 0. The second-order valence-corrected chi connectivity index (χ2v) is 6.16. The molecule has 2 aliphatic rings. The van der Waals surface area contributed by atoms with Gasteiger partial charge in [0.1, 0.15) is 5.82 Å². The minimum Gasteiger partial charge on any atom is -0.376 e. The fraction of sp³-hybridized carbons (Fsp3) is 0.562. The van der Waals surface area contributed by atoms with Crippen molar-refractivity contribution in [1.82, 2.24) is 4.90 Å². The van der Waals surface area contributed by atoms with Gasteiger partial charge >= 0.3 is 0 Å². The third-order valence-corrected chi connectivity index (χ3v) is 4.63. The van der Waals surface area contributed by atoms with Crippen LogP contribution in [0.2, 0.25) is 0 Å². The van der Waals surface area contributed by atoms with Crippen LogP contribution in [0.4, 0.5) is 4.39 Å². The zero-order valence-electron chi connectivity index (χ0n) is 12.6. The molecule has 114 valence electrons. The quantitative estimate of drug-likeness (QED) is 0.928. The number of aliphatic imine (C=N–C) groups is 1. The normalized spacial score (nSPS) is 29.0. The highest BCUT2D eigenvalue weighted by molar-refractivity contribution is 5.81. The van der Waals surface area contributed by atoms with Gasteiger partial charge in [0.2, 0.25) is 0 Å². The molecule has 0 radical (unpaired) electrons. The lowest BCUT2D eigenvalue weighted by molar-refractivity contribution is 0.0690. The van der Waals surface area contributed by atoms with Crippen LogP contribution in [0.5, 0.6) is 0 Å². The number of benzene rings is 1. The summed E-state index contributed by atoms with van der Waals surface area (Å²) in [6.45, 7) is 5.90. The number of nitrogens with zero attached hydrogens (tertiary/aromatic N) is 2. The first-order valence-corrected chi connectivity index (χ1v) is 7.46. The summed E-state index contributed by atoms with van der Waals surface area (Å²) in [7, 11) is 0. The second-order valence-electron chi connectivity index (χ2n) is 6.16. The monoisotopic (exact) mass is 291 g/mol. The van der Waals surface area contributed by atoms with E-state index >= 15 is 0 Å². The van der Waals surface area contributed by atoms with Gasteiger partial charge in [0.15, 0.2) is 5.96 Å². The first-order chi connectivity index (χ1) is 10.0. The van der Waals surface area contributed by atoms with Gasteiger partial charge in [-0.15, -0.1) is 0 Å². The van der Waals surface area contributed by atoms with Gasteiger partial charge in [-0.2, -0.15) is 0 Å². The highest BCUT2D eigenvalue weighted by Crippen LogP contribution is 2.34. The van der Waals surface area contributed by atoms with Crippen molar-refractivity contribution in [2.45, 2.75) is 38.3 Å². The number of hydrogen-bond donors (Lipinski definition) is 1. The van der Waals surface area contributed by atoms with Crippen molar-refractivity contribution < 1.29 is 9.13 Å². The molecule has 0 spiro atoms. The molecule has 21 heavy (non-hydrogen) atoms. The van der Waals surface area contributed by atoms with Gasteiger partial charge in [0.25, 0.3) is 0 Å². The lowest BCUT2D eigenvalue weighted by atomic mass is 9.90. The van der Waals surface area contributed by atoms with Crippen molar-refractivity contribution in [2.24, 2.45) is 10.7 Å². The van der Waals surface area contributed by atoms with Crippen molar-refractivity contribution >= 4 is 5.96 Å². The predicted molar refractivity (Wildman–Crippen MR) is 80.7 cm³/mol. The molecule has 1 fully saturated rings. The van der Waals surface area contributed by atoms with E-state index in [9.17, 15) is 4.39 Å². The van der Waals surface area contributed by atoms with E-state index in [0.29, 0.717) is 24.6 Å². The number of halogens is 1. The van der Waals surface area contributed by atoms with Crippen LogP contribution in [0.25, 0.3) is 0 Å². The molecule has 0 aromatic heterocycles.